The van der Waals surface area contributed by atoms with E-state index in [9.17, 15) is 0 Å². The summed E-state index contributed by atoms with van der Waals surface area (Å²) >= 11 is 0. The first-order chi connectivity index (χ1) is 7.33. The predicted octanol–water partition coefficient (Wildman–Crippen LogP) is 3.48. The van der Waals surface area contributed by atoms with Crippen molar-refractivity contribution >= 4 is 0 Å². The molecule has 0 spiro atoms. The standard InChI is InChI=1S/C14H15N/c1-2-11-3-8-14(9-11)13-6-4-12(10-15)5-7-13/h4-8,11,14H,1-3,9H2. The molecule has 2 rings (SSSR count). The Morgan fingerprint density at radius 2 is 2.07 bits per heavy atom. The molecular formula is C14H15N. The Hall–Kier alpha value is -1.29. The van der Waals surface area contributed by atoms with E-state index in [4.69, 9.17) is 5.26 Å². The third-order valence-corrected chi connectivity index (χ3v) is 3.22. The lowest BCUT2D eigenvalue weighted by molar-refractivity contribution is 0.546. The van der Waals surface area contributed by atoms with Crippen molar-refractivity contribution in [1.82, 2.24) is 0 Å². The minimum Gasteiger partial charge on any atom is -0.192 e. The molecule has 1 saturated carbocycles. The van der Waals surface area contributed by atoms with Crippen molar-refractivity contribution in [1.29, 1.82) is 5.26 Å². The van der Waals surface area contributed by atoms with Crippen LogP contribution < -0.4 is 0 Å². The van der Waals surface area contributed by atoms with Gasteiger partial charge < -0.3 is 0 Å². The van der Waals surface area contributed by atoms with E-state index in [2.05, 4.69) is 31.5 Å². The van der Waals surface area contributed by atoms with Crippen LogP contribution in [0.15, 0.2) is 24.3 Å². The fourth-order valence-corrected chi connectivity index (χ4v) is 2.22. The van der Waals surface area contributed by atoms with Gasteiger partial charge in [-0.3, -0.25) is 0 Å². The lowest BCUT2D eigenvalue weighted by Gasteiger charge is -2.10. The number of nitrogens with zero attached hydrogens (tertiary/aromatic N) is 1. The van der Waals surface area contributed by atoms with Crippen molar-refractivity contribution in [2.24, 2.45) is 5.92 Å². The third kappa shape index (κ3) is 2.21. The molecule has 1 nitrogen and oxygen atoms in total. The molecule has 0 amide bonds. The first-order valence-corrected chi connectivity index (χ1v) is 5.46. The van der Waals surface area contributed by atoms with Gasteiger partial charge in [0.1, 0.15) is 0 Å². The van der Waals surface area contributed by atoms with Gasteiger partial charge >= 0.3 is 0 Å². The monoisotopic (exact) mass is 197 g/mol. The van der Waals surface area contributed by atoms with E-state index in [0.717, 1.165) is 17.9 Å². The maximum absolute atomic E-state index is 8.71. The summed E-state index contributed by atoms with van der Waals surface area (Å²) < 4.78 is 0. The summed E-state index contributed by atoms with van der Waals surface area (Å²) in [6, 6.07) is 10.1. The fourth-order valence-electron chi connectivity index (χ4n) is 2.22. The molecule has 0 heterocycles. The summed E-state index contributed by atoms with van der Waals surface area (Å²) in [5.74, 6) is 1.33. The largest absolute Gasteiger partial charge is 0.192 e. The molecule has 76 valence electrons. The summed E-state index contributed by atoms with van der Waals surface area (Å²) in [4.78, 5) is 0. The molecule has 0 bridgehead atoms. The number of hydrogen-bond acceptors (Lipinski definition) is 1. The topological polar surface area (TPSA) is 23.8 Å². The highest BCUT2D eigenvalue weighted by molar-refractivity contribution is 5.34. The Morgan fingerprint density at radius 1 is 1.33 bits per heavy atom. The Morgan fingerprint density at radius 3 is 2.60 bits per heavy atom. The highest BCUT2D eigenvalue weighted by Gasteiger charge is 2.24. The maximum atomic E-state index is 8.71. The first-order valence-electron chi connectivity index (χ1n) is 5.46. The molecule has 0 aliphatic heterocycles. The average Bonchev–Trinajstić information content (AvgIpc) is 2.78. The summed E-state index contributed by atoms with van der Waals surface area (Å²) in [6.07, 6.45) is 5.82. The Labute approximate surface area is 91.7 Å². The number of rotatable bonds is 2. The van der Waals surface area contributed by atoms with Gasteiger partial charge in [0.25, 0.3) is 0 Å². The van der Waals surface area contributed by atoms with Crippen LogP contribution in [0.4, 0.5) is 0 Å². The molecular weight excluding hydrogens is 182 g/mol. The maximum Gasteiger partial charge on any atom is 0.0991 e. The zero-order chi connectivity index (χ0) is 10.7. The van der Waals surface area contributed by atoms with E-state index >= 15 is 0 Å². The van der Waals surface area contributed by atoms with E-state index in [1.54, 1.807) is 0 Å². The van der Waals surface area contributed by atoms with Crippen molar-refractivity contribution in [3.63, 3.8) is 0 Å². The van der Waals surface area contributed by atoms with Crippen molar-refractivity contribution in [3.05, 3.63) is 48.7 Å². The van der Waals surface area contributed by atoms with Crippen LogP contribution in [-0.2, 0) is 0 Å². The first kappa shape index (κ1) is 10.2. The molecule has 1 aliphatic carbocycles. The highest BCUT2D eigenvalue weighted by Crippen LogP contribution is 2.38. The van der Waals surface area contributed by atoms with Crippen LogP contribution in [0.1, 0.15) is 36.3 Å². The van der Waals surface area contributed by atoms with Crippen LogP contribution >= 0.6 is 0 Å². The van der Waals surface area contributed by atoms with Gasteiger partial charge in [0.15, 0.2) is 0 Å². The predicted molar refractivity (Wildman–Crippen MR) is 60.9 cm³/mol. The van der Waals surface area contributed by atoms with Gasteiger partial charge in [0, 0.05) is 0 Å². The quantitative estimate of drug-likeness (QED) is 0.712. The molecule has 2 atom stereocenters. The van der Waals surface area contributed by atoms with E-state index in [1.807, 2.05) is 12.1 Å². The molecule has 1 aromatic carbocycles. The summed E-state index contributed by atoms with van der Waals surface area (Å²) in [7, 11) is 0. The van der Waals surface area contributed by atoms with Crippen molar-refractivity contribution in [2.45, 2.75) is 25.2 Å². The minimum atomic E-state index is 0.574. The van der Waals surface area contributed by atoms with Crippen LogP contribution in [0, 0.1) is 30.6 Å². The highest BCUT2D eigenvalue weighted by atomic mass is 14.3. The molecule has 0 N–H and O–H groups in total. The Balaban J connectivity index is 2.08. The summed E-state index contributed by atoms with van der Waals surface area (Å²) in [5.41, 5.74) is 2.08. The van der Waals surface area contributed by atoms with Crippen LogP contribution in [-0.4, -0.2) is 0 Å². The van der Waals surface area contributed by atoms with E-state index in [-0.39, 0.29) is 0 Å². The molecule has 1 fully saturated rings. The molecule has 15 heavy (non-hydrogen) atoms. The lowest BCUT2D eigenvalue weighted by atomic mass is 9.95. The third-order valence-electron chi connectivity index (χ3n) is 3.22. The second-order valence-electron chi connectivity index (χ2n) is 4.20. The van der Waals surface area contributed by atoms with Crippen molar-refractivity contribution < 1.29 is 0 Å². The van der Waals surface area contributed by atoms with Gasteiger partial charge in [-0.15, -0.1) is 0 Å². The van der Waals surface area contributed by atoms with Crippen LogP contribution in [0.25, 0.3) is 0 Å². The molecule has 0 saturated heterocycles. The minimum absolute atomic E-state index is 0.574. The fraction of sp³-hybridized carbons (Fsp3) is 0.357. The lowest BCUT2D eigenvalue weighted by Crippen LogP contribution is -1.95. The molecule has 2 unspecified atom stereocenters. The van der Waals surface area contributed by atoms with Gasteiger partial charge in [0.2, 0.25) is 0 Å². The van der Waals surface area contributed by atoms with Gasteiger partial charge in [-0.2, -0.15) is 5.26 Å². The van der Waals surface area contributed by atoms with Gasteiger partial charge in [-0.05, 0) is 48.8 Å². The molecule has 0 aromatic heterocycles. The van der Waals surface area contributed by atoms with Crippen LogP contribution in [0.2, 0.25) is 0 Å². The number of nitriles is 1. The summed E-state index contributed by atoms with van der Waals surface area (Å²) in [5, 5.41) is 8.71. The van der Waals surface area contributed by atoms with Gasteiger partial charge in [-0.1, -0.05) is 25.5 Å². The molecule has 1 aliphatic rings. The normalized spacial score (nSPS) is 25.1. The SMILES string of the molecule is [CH2]CC1C[CH]C(c2ccc(C#N)cc2)C1. The number of benzene rings is 1. The Kier molecular flexibility index (Phi) is 3.06. The van der Waals surface area contributed by atoms with Gasteiger partial charge in [0.05, 0.1) is 11.6 Å². The average molecular weight is 197 g/mol. The number of hydrogen-bond donors (Lipinski definition) is 0. The van der Waals surface area contributed by atoms with E-state index in [0.29, 0.717) is 5.92 Å². The second-order valence-corrected chi connectivity index (χ2v) is 4.20. The van der Waals surface area contributed by atoms with Crippen molar-refractivity contribution in [3.8, 4) is 6.07 Å². The van der Waals surface area contributed by atoms with Gasteiger partial charge in [-0.25, -0.2) is 0 Å². The second kappa shape index (κ2) is 4.49. The van der Waals surface area contributed by atoms with Crippen LogP contribution in [0.5, 0.6) is 0 Å². The molecule has 2 radical (unpaired) electrons. The molecule has 1 heteroatoms. The summed E-state index contributed by atoms with van der Waals surface area (Å²) in [6.45, 7) is 3.96. The molecule has 1 aromatic rings. The van der Waals surface area contributed by atoms with E-state index in [1.165, 1.54) is 18.4 Å². The zero-order valence-electron chi connectivity index (χ0n) is 8.82. The Bertz CT molecular complexity index is 358. The van der Waals surface area contributed by atoms with Crippen molar-refractivity contribution in [2.75, 3.05) is 0 Å². The van der Waals surface area contributed by atoms with Crippen LogP contribution in [0.3, 0.4) is 0 Å². The smallest absolute Gasteiger partial charge is 0.0991 e. The zero-order valence-corrected chi connectivity index (χ0v) is 8.82. The van der Waals surface area contributed by atoms with E-state index < -0.39 is 0 Å².